The zero-order valence-electron chi connectivity index (χ0n) is 12.7. The lowest BCUT2D eigenvalue weighted by Gasteiger charge is -2.53. The molecule has 2 heteroatoms. The highest BCUT2D eigenvalue weighted by Gasteiger charge is 2.44. The lowest BCUT2D eigenvalue weighted by atomic mass is 9.74. The molecule has 0 amide bonds. The van der Waals surface area contributed by atoms with Crippen molar-refractivity contribution in [2.75, 3.05) is 26.2 Å². The fraction of sp³-hybridized carbons (Fsp3) is 0.667. The molecule has 1 aromatic carbocycles. The number of rotatable bonds is 5. The van der Waals surface area contributed by atoms with E-state index >= 15 is 0 Å². The van der Waals surface area contributed by atoms with Gasteiger partial charge in [0.05, 0.1) is 26.2 Å². The van der Waals surface area contributed by atoms with Crippen LogP contribution in [0.4, 0.5) is 0 Å². The standard InChI is InChI=1S/C18H28N.BrH/c1-2-3-11-19-12-9-17(10-13-19)18(15-19)14-16-7-5-4-6-8-16;/h4-8,17-18H,2-3,9-15H2,1H3;1H/q+1;/p-1. The molecule has 0 aliphatic carbocycles. The number of hydrogen-bond acceptors (Lipinski definition) is 0. The highest BCUT2D eigenvalue weighted by molar-refractivity contribution is 5.15. The van der Waals surface area contributed by atoms with Crippen molar-refractivity contribution in [2.24, 2.45) is 11.8 Å². The van der Waals surface area contributed by atoms with E-state index in [0.717, 1.165) is 11.8 Å². The Morgan fingerprint density at radius 2 is 1.80 bits per heavy atom. The summed E-state index contributed by atoms with van der Waals surface area (Å²) in [4.78, 5) is 0. The Morgan fingerprint density at radius 3 is 2.45 bits per heavy atom. The van der Waals surface area contributed by atoms with E-state index in [2.05, 4.69) is 37.3 Å². The van der Waals surface area contributed by atoms with Gasteiger partial charge in [0, 0.05) is 18.8 Å². The summed E-state index contributed by atoms with van der Waals surface area (Å²) in [5, 5.41) is 0. The Bertz CT molecular complexity index is 395. The number of hydrogen-bond donors (Lipinski definition) is 0. The van der Waals surface area contributed by atoms with E-state index in [1.807, 2.05) is 0 Å². The summed E-state index contributed by atoms with van der Waals surface area (Å²) >= 11 is 0. The van der Waals surface area contributed by atoms with Crippen LogP contribution in [0.15, 0.2) is 30.3 Å². The fourth-order valence-corrected chi connectivity index (χ4v) is 4.39. The third kappa shape index (κ3) is 3.46. The number of unbranched alkanes of at least 4 members (excludes halogenated alkanes) is 1. The Hall–Kier alpha value is -0.340. The summed E-state index contributed by atoms with van der Waals surface area (Å²) in [5.74, 6) is 1.96. The third-order valence-electron chi connectivity index (χ3n) is 5.56. The van der Waals surface area contributed by atoms with Crippen LogP contribution in [-0.2, 0) is 6.42 Å². The van der Waals surface area contributed by atoms with Gasteiger partial charge in [-0.15, -0.1) is 0 Å². The molecule has 3 aliphatic heterocycles. The zero-order chi connectivity index (χ0) is 13.1. The normalized spacial score (nSPS) is 31.9. The van der Waals surface area contributed by atoms with E-state index in [-0.39, 0.29) is 17.0 Å². The molecule has 2 bridgehead atoms. The lowest BCUT2D eigenvalue weighted by molar-refractivity contribution is -0.947. The van der Waals surface area contributed by atoms with Crippen LogP contribution in [0, 0.1) is 11.8 Å². The highest BCUT2D eigenvalue weighted by atomic mass is 79.9. The average molecular weight is 338 g/mol. The second-order valence-corrected chi connectivity index (χ2v) is 6.84. The summed E-state index contributed by atoms with van der Waals surface area (Å²) in [6, 6.07) is 11.1. The molecular weight excluding hydrogens is 310 g/mol. The molecular formula is C18H28BrN. The minimum Gasteiger partial charge on any atom is -1.00 e. The van der Waals surface area contributed by atoms with Gasteiger partial charge in [0.2, 0.25) is 0 Å². The van der Waals surface area contributed by atoms with Crippen molar-refractivity contribution in [3.05, 3.63) is 35.9 Å². The summed E-state index contributed by atoms with van der Waals surface area (Å²) in [7, 11) is 0. The van der Waals surface area contributed by atoms with Gasteiger partial charge < -0.3 is 21.5 Å². The minimum atomic E-state index is 0. The van der Waals surface area contributed by atoms with Gasteiger partial charge in [-0.1, -0.05) is 43.7 Å². The molecule has 1 unspecified atom stereocenters. The number of piperidine rings is 3. The van der Waals surface area contributed by atoms with E-state index in [1.54, 1.807) is 5.56 Å². The molecule has 1 aromatic rings. The van der Waals surface area contributed by atoms with E-state index in [4.69, 9.17) is 0 Å². The van der Waals surface area contributed by atoms with Crippen LogP contribution in [0.25, 0.3) is 0 Å². The average Bonchev–Trinajstić information content (AvgIpc) is 2.47. The summed E-state index contributed by atoms with van der Waals surface area (Å²) < 4.78 is 1.45. The van der Waals surface area contributed by atoms with Crippen molar-refractivity contribution in [3.8, 4) is 0 Å². The SMILES string of the molecule is CCCC[N+]12CCC(CC1)C(Cc1ccccc1)C2.[Br-]. The molecule has 4 rings (SSSR count). The number of halogens is 1. The number of nitrogens with zero attached hydrogens (tertiary/aromatic N) is 1. The first kappa shape index (κ1) is 16.0. The van der Waals surface area contributed by atoms with Crippen LogP contribution in [0.3, 0.4) is 0 Å². The molecule has 0 aromatic heterocycles. The minimum absolute atomic E-state index is 0. The van der Waals surface area contributed by atoms with E-state index < -0.39 is 0 Å². The lowest BCUT2D eigenvalue weighted by Crippen LogP contribution is -3.00. The number of quaternary nitrogens is 1. The number of fused-ring (bicyclic) bond motifs is 3. The van der Waals surface area contributed by atoms with Crippen molar-refractivity contribution in [3.63, 3.8) is 0 Å². The van der Waals surface area contributed by atoms with Crippen LogP contribution in [0.1, 0.15) is 38.2 Å². The van der Waals surface area contributed by atoms with E-state index in [1.165, 1.54) is 62.8 Å². The fourth-order valence-electron chi connectivity index (χ4n) is 4.39. The third-order valence-corrected chi connectivity index (χ3v) is 5.56. The first-order chi connectivity index (χ1) is 9.31. The van der Waals surface area contributed by atoms with Gasteiger partial charge in [-0.05, 0) is 24.3 Å². The molecule has 1 atom stereocenters. The Kier molecular flexibility index (Phi) is 5.68. The molecule has 20 heavy (non-hydrogen) atoms. The molecule has 3 heterocycles. The zero-order valence-corrected chi connectivity index (χ0v) is 14.3. The Morgan fingerprint density at radius 1 is 1.10 bits per heavy atom. The van der Waals surface area contributed by atoms with Crippen LogP contribution >= 0.6 is 0 Å². The molecule has 0 N–H and O–H groups in total. The predicted molar refractivity (Wildman–Crippen MR) is 81.0 cm³/mol. The van der Waals surface area contributed by atoms with Crippen molar-refractivity contribution in [1.82, 2.24) is 0 Å². The molecule has 0 spiro atoms. The van der Waals surface area contributed by atoms with Gasteiger partial charge in [-0.3, -0.25) is 0 Å². The molecule has 0 saturated carbocycles. The quantitative estimate of drug-likeness (QED) is 0.700. The Labute approximate surface area is 134 Å². The number of benzene rings is 1. The topological polar surface area (TPSA) is 0 Å². The van der Waals surface area contributed by atoms with Crippen LogP contribution in [0.5, 0.6) is 0 Å². The summed E-state index contributed by atoms with van der Waals surface area (Å²) in [6.45, 7) is 8.16. The predicted octanol–water partition coefficient (Wildman–Crippen LogP) is 0.890. The van der Waals surface area contributed by atoms with Gasteiger partial charge in [-0.2, -0.15) is 0 Å². The maximum Gasteiger partial charge on any atom is 0.0821 e. The van der Waals surface area contributed by atoms with E-state index in [9.17, 15) is 0 Å². The molecule has 0 radical (unpaired) electrons. The van der Waals surface area contributed by atoms with Gasteiger partial charge in [0.15, 0.2) is 0 Å². The summed E-state index contributed by atoms with van der Waals surface area (Å²) in [5.41, 5.74) is 1.55. The molecule has 3 saturated heterocycles. The second kappa shape index (κ2) is 7.09. The first-order valence-corrected chi connectivity index (χ1v) is 8.20. The van der Waals surface area contributed by atoms with Crippen LogP contribution in [-0.4, -0.2) is 30.7 Å². The maximum atomic E-state index is 2.33. The van der Waals surface area contributed by atoms with Crippen LogP contribution < -0.4 is 17.0 Å². The van der Waals surface area contributed by atoms with Gasteiger partial charge >= 0.3 is 0 Å². The molecule has 112 valence electrons. The van der Waals surface area contributed by atoms with Crippen molar-refractivity contribution < 1.29 is 21.5 Å². The molecule has 1 nitrogen and oxygen atoms in total. The van der Waals surface area contributed by atoms with Gasteiger partial charge in [-0.25, -0.2) is 0 Å². The van der Waals surface area contributed by atoms with Crippen molar-refractivity contribution in [1.29, 1.82) is 0 Å². The smallest absolute Gasteiger partial charge is 0.0821 e. The van der Waals surface area contributed by atoms with Gasteiger partial charge in [0.1, 0.15) is 0 Å². The van der Waals surface area contributed by atoms with Crippen molar-refractivity contribution in [2.45, 2.75) is 39.0 Å². The maximum absolute atomic E-state index is 2.33. The monoisotopic (exact) mass is 337 g/mol. The second-order valence-electron chi connectivity index (χ2n) is 6.84. The van der Waals surface area contributed by atoms with Gasteiger partial charge in [0.25, 0.3) is 0 Å². The summed E-state index contributed by atoms with van der Waals surface area (Å²) in [6.07, 6.45) is 7.07. The molecule has 3 aliphatic rings. The highest BCUT2D eigenvalue weighted by Crippen LogP contribution is 2.39. The largest absolute Gasteiger partial charge is 1.00 e. The van der Waals surface area contributed by atoms with E-state index in [0.29, 0.717) is 0 Å². The molecule has 3 fully saturated rings. The van der Waals surface area contributed by atoms with Crippen molar-refractivity contribution >= 4 is 0 Å². The van der Waals surface area contributed by atoms with Crippen LogP contribution in [0.2, 0.25) is 0 Å². The Balaban J connectivity index is 0.00000147. The first-order valence-electron chi connectivity index (χ1n) is 8.20.